The van der Waals surface area contributed by atoms with Crippen molar-refractivity contribution >= 4 is 49.6 Å². The Balaban J connectivity index is 1.25. The van der Waals surface area contributed by atoms with Gasteiger partial charge in [0.1, 0.15) is 0 Å². The molecular formula is C60H58N2. The third-order valence-corrected chi connectivity index (χ3v) is 13.5. The van der Waals surface area contributed by atoms with Crippen molar-refractivity contribution in [2.24, 2.45) is 0 Å². The molecular weight excluding hydrogens is 749 g/mol. The van der Waals surface area contributed by atoms with Crippen LogP contribution in [0.25, 0.3) is 60.5 Å². The molecule has 0 radical (unpaired) electrons. The van der Waals surface area contributed by atoms with E-state index in [9.17, 15) is 0 Å². The van der Waals surface area contributed by atoms with Gasteiger partial charge in [0.15, 0.2) is 0 Å². The summed E-state index contributed by atoms with van der Waals surface area (Å²) in [6.45, 7) is 14.1. The van der Waals surface area contributed by atoms with Crippen molar-refractivity contribution in [2.75, 3.05) is 4.90 Å². The predicted octanol–water partition coefficient (Wildman–Crippen LogP) is 17.4. The van der Waals surface area contributed by atoms with Gasteiger partial charge in [-0.1, -0.05) is 188 Å². The van der Waals surface area contributed by atoms with Crippen LogP contribution in [-0.2, 0) is 10.8 Å². The van der Waals surface area contributed by atoms with Crippen molar-refractivity contribution in [2.45, 2.75) is 90.4 Å². The Hall–Kier alpha value is -6.38. The number of anilines is 3. The van der Waals surface area contributed by atoms with Gasteiger partial charge in [-0.2, -0.15) is 0 Å². The molecule has 1 aliphatic rings. The first-order valence-electron chi connectivity index (χ1n) is 22.8. The fraction of sp³-hybridized carbons (Fsp3) is 0.233. The van der Waals surface area contributed by atoms with Gasteiger partial charge in [-0.3, -0.25) is 0 Å². The highest BCUT2D eigenvalue weighted by molar-refractivity contribution is 6.11. The lowest BCUT2D eigenvalue weighted by Crippen LogP contribution is -2.19. The number of hydrogen-bond acceptors (Lipinski definition) is 1. The zero-order valence-corrected chi connectivity index (χ0v) is 37.3. The van der Waals surface area contributed by atoms with Crippen LogP contribution < -0.4 is 4.90 Å². The maximum atomic E-state index is 2.58. The van der Waals surface area contributed by atoms with Crippen molar-refractivity contribution in [3.8, 4) is 27.9 Å². The van der Waals surface area contributed by atoms with Gasteiger partial charge in [0.2, 0.25) is 0 Å². The lowest BCUT2D eigenvalue weighted by atomic mass is 9.80. The Bertz CT molecular complexity index is 3040. The summed E-state index contributed by atoms with van der Waals surface area (Å²) in [7, 11) is 0. The van der Waals surface area contributed by atoms with E-state index in [1.807, 2.05) is 0 Å². The molecule has 0 aliphatic heterocycles. The van der Waals surface area contributed by atoms with E-state index in [-0.39, 0.29) is 10.8 Å². The molecule has 1 saturated carbocycles. The Labute approximate surface area is 368 Å². The van der Waals surface area contributed by atoms with E-state index >= 15 is 0 Å². The molecule has 1 fully saturated rings. The largest absolute Gasteiger partial charge is 0.309 e. The van der Waals surface area contributed by atoms with Crippen molar-refractivity contribution in [3.63, 3.8) is 0 Å². The molecule has 0 amide bonds. The van der Waals surface area contributed by atoms with Crippen LogP contribution >= 0.6 is 0 Å². The number of hydrogen-bond donors (Lipinski definition) is 0. The van der Waals surface area contributed by atoms with Crippen LogP contribution in [0.3, 0.4) is 0 Å². The van der Waals surface area contributed by atoms with E-state index in [0.29, 0.717) is 5.92 Å². The minimum atomic E-state index is -0.0544. The minimum Gasteiger partial charge on any atom is -0.309 e. The van der Waals surface area contributed by atoms with Crippen LogP contribution in [0.4, 0.5) is 17.1 Å². The van der Waals surface area contributed by atoms with E-state index in [4.69, 9.17) is 0 Å². The Morgan fingerprint density at radius 1 is 0.468 bits per heavy atom. The van der Waals surface area contributed by atoms with Gasteiger partial charge in [0, 0.05) is 33.3 Å². The number of nitrogens with zero attached hydrogens (tertiary/aromatic N) is 2. The van der Waals surface area contributed by atoms with Crippen LogP contribution in [-0.4, -0.2) is 4.57 Å². The highest BCUT2D eigenvalue weighted by atomic mass is 15.1. The number of aromatic nitrogens is 1. The fourth-order valence-corrected chi connectivity index (χ4v) is 10.2. The zero-order valence-electron chi connectivity index (χ0n) is 37.3. The number of rotatable bonds is 7. The van der Waals surface area contributed by atoms with Crippen molar-refractivity contribution in [1.82, 2.24) is 4.57 Å². The molecule has 62 heavy (non-hydrogen) atoms. The van der Waals surface area contributed by atoms with Gasteiger partial charge in [-0.05, 0) is 117 Å². The predicted molar refractivity (Wildman–Crippen MR) is 267 cm³/mol. The van der Waals surface area contributed by atoms with Crippen LogP contribution in [0.1, 0.15) is 96.3 Å². The molecule has 2 nitrogen and oxygen atoms in total. The summed E-state index contributed by atoms with van der Waals surface area (Å²) in [5.74, 6) is 0.580. The molecule has 9 aromatic rings. The SMILES string of the molecule is CC(C)(C)c1cc(N(c2ccccc2-c2ccc3c4ccccc4n(-c4ccccc4)c3c2)c2ccccc2-c2cccc3cccc(C4CCCCC4)c23)cc(C(C)(C)C)c1. The molecule has 10 rings (SSSR count). The maximum Gasteiger partial charge on any atom is 0.0547 e. The van der Waals surface area contributed by atoms with Crippen LogP contribution in [0.15, 0.2) is 176 Å². The third-order valence-electron chi connectivity index (χ3n) is 13.5. The molecule has 308 valence electrons. The van der Waals surface area contributed by atoms with Crippen molar-refractivity contribution in [3.05, 3.63) is 193 Å². The first kappa shape index (κ1) is 39.7. The summed E-state index contributed by atoms with van der Waals surface area (Å²) in [5.41, 5.74) is 16.1. The van der Waals surface area contributed by atoms with Gasteiger partial charge in [0.25, 0.3) is 0 Å². The first-order valence-corrected chi connectivity index (χ1v) is 22.8. The molecule has 0 N–H and O–H groups in total. The normalized spacial score (nSPS) is 13.9. The lowest BCUT2D eigenvalue weighted by Gasteiger charge is -2.33. The van der Waals surface area contributed by atoms with Gasteiger partial charge in [-0.15, -0.1) is 0 Å². The van der Waals surface area contributed by atoms with Crippen molar-refractivity contribution < 1.29 is 0 Å². The molecule has 0 atom stereocenters. The standard InChI is InChI=1S/C60H58N2/c1-59(2,3)44-38-45(60(4,5)6)40-47(39-44)62(56-34-18-15-29-51(56)53-31-20-24-42-23-19-30-49(58(42)53)41-21-9-7-10-22-41)54-32-16-13-27-48(54)43-35-36-52-50-28-14-17-33-55(50)61(57(52)37-43)46-25-11-8-12-26-46/h8,11-20,23-41H,7,9-10,21-22H2,1-6H3. The summed E-state index contributed by atoms with van der Waals surface area (Å²) < 4.78 is 2.43. The molecule has 2 heteroatoms. The van der Waals surface area contributed by atoms with E-state index in [1.54, 1.807) is 0 Å². The monoisotopic (exact) mass is 806 g/mol. The summed E-state index contributed by atoms with van der Waals surface area (Å²) in [4.78, 5) is 2.58. The van der Waals surface area contributed by atoms with Gasteiger partial charge in [-0.25, -0.2) is 0 Å². The Morgan fingerprint density at radius 3 is 1.76 bits per heavy atom. The van der Waals surface area contributed by atoms with E-state index in [1.165, 1.54) is 115 Å². The molecule has 0 bridgehead atoms. The maximum absolute atomic E-state index is 2.58. The summed E-state index contributed by atoms with van der Waals surface area (Å²) in [6.07, 6.45) is 6.48. The second-order valence-electron chi connectivity index (χ2n) is 19.6. The minimum absolute atomic E-state index is 0.0544. The summed E-state index contributed by atoms with van der Waals surface area (Å²) >= 11 is 0. The molecule has 0 unspecified atom stereocenters. The van der Waals surface area contributed by atoms with Gasteiger partial charge < -0.3 is 9.47 Å². The molecule has 0 spiro atoms. The van der Waals surface area contributed by atoms with Gasteiger partial charge >= 0.3 is 0 Å². The van der Waals surface area contributed by atoms with Crippen LogP contribution in [0.5, 0.6) is 0 Å². The van der Waals surface area contributed by atoms with E-state index < -0.39 is 0 Å². The smallest absolute Gasteiger partial charge is 0.0547 e. The lowest BCUT2D eigenvalue weighted by molar-refractivity contribution is 0.445. The number of fused-ring (bicyclic) bond motifs is 4. The fourth-order valence-electron chi connectivity index (χ4n) is 10.2. The van der Waals surface area contributed by atoms with Crippen LogP contribution in [0.2, 0.25) is 0 Å². The Morgan fingerprint density at radius 2 is 1.05 bits per heavy atom. The van der Waals surface area contributed by atoms with Crippen LogP contribution in [0, 0.1) is 0 Å². The third kappa shape index (κ3) is 7.20. The first-order chi connectivity index (χ1) is 30.0. The average molecular weight is 807 g/mol. The molecule has 1 aromatic heterocycles. The van der Waals surface area contributed by atoms with Gasteiger partial charge in [0.05, 0.1) is 22.4 Å². The quantitative estimate of drug-likeness (QED) is 0.156. The molecule has 1 aliphatic carbocycles. The topological polar surface area (TPSA) is 8.17 Å². The average Bonchev–Trinajstić information content (AvgIpc) is 3.63. The molecule has 8 aromatic carbocycles. The molecule has 0 saturated heterocycles. The molecule has 1 heterocycles. The number of para-hydroxylation sites is 4. The zero-order chi connectivity index (χ0) is 42.6. The second-order valence-corrected chi connectivity index (χ2v) is 19.6. The Kier molecular flexibility index (Phi) is 10.1. The highest BCUT2D eigenvalue weighted by Crippen LogP contribution is 2.49. The second kappa shape index (κ2) is 15.8. The summed E-state index contributed by atoms with van der Waals surface area (Å²) in [6, 6.07) is 66.2. The van der Waals surface area contributed by atoms with E-state index in [0.717, 1.165) is 11.4 Å². The van der Waals surface area contributed by atoms with Crippen molar-refractivity contribution in [1.29, 1.82) is 0 Å². The highest BCUT2D eigenvalue weighted by Gasteiger charge is 2.28. The summed E-state index contributed by atoms with van der Waals surface area (Å²) in [5, 5.41) is 5.24. The van der Waals surface area contributed by atoms with E-state index in [2.05, 4.69) is 227 Å². The number of benzene rings is 8.